The summed E-state index contributed by atoms with van der Waals surface area (Å²) in [5.41, 5.74) is 2.03. The molecular weight excluding hydrogens is 278 g/mol. The summed E-state index contributed by atoms with van der Waals surface area (Å²) < 4.78 is 10.6. The fraction of sp³-hybridized carbons (Fsp3) is 0.444. The molecule has 0 spiro atoms. The molecule has 0 unspecified atom stereocenters. The van der Waals surface area contributed by atoms with Gasteiger partial charge in [0.1, 0.15) is 5.60 Å². The molecule has 0 N–H and O–H groups in total. The van der Waals surface area contributed by atoms with E-state index < -0.39 is 5.60 Å². The van der Waals surface area contributed by atoms with Crippen LogP contribution in [0.3, 0.4) is 0 Å². The van der Waals surface area contributed by atoms with Gasteiger partial charge < -0.3 is 9.47 Å². The van der Waals surface area contributed by atoms with Gasteiger partial charge in [-0.05, 0) is 57.4 Å². The number of rotatable bonds is 5. The SMILES string of the molecule is COCCCc1ccc2nccc(C(=O)OC(C)(C)C)c2c1. The number of ether oxygens (including phenoxy) is 2. The highest BCUT2D eigenvalue weighted by molar-refractivity contribution is 6.03. The van der Waals surface area contributed by atoms with Gasteiger partial charge in [-0.1, -0.05) is 6.07 Å². The lowest BCUT2D eigenvalue weighted by molar-refractivity contribution is 0.00718. The Balaban J connectivity index is 2.33. The molecule has 2 rings (SSSR count). The van der Waals surface area contributed by atoms with Gasteiger partial charge in [0.2, 0.25) is 0 Å². The molecule has 1 aromatic heterocycles. The molecule has 2 aromatic rings. The van der Waals surface area contributed by atoms with Crippen LogP contribution in [0.1, 0.15) is 43.1 Å². The third-order valence-corrected chi connectivity index (χ3v) is 3.24. The van der Waals surface area contributed by atoms with Crippen molar-refractivity contribution in [2.24, 2.45) is 0 Å². The Morgan fingerprint density at radius 2 is 2.00 bits per heavy atom. The van der Waals surface area contributed by atoms with E-state index in [0.29, 0.717) is 5.56 Å². The number of methoxy groups -OCH3 is 1. The normalized spacial score (nSPS) is 11.6. The molecule has 0 amide bonds. The minimum atomic E-state index is -0.511. The van der Waals surface area contributed by atoms with E-state index in [1.165, 1.54) is 5.56 Å². The molecule has 0 bridgehead atoms. The van der Waals surface area contributed by atoms with E-state index in [2.05, 4.69) is 4.98 Å². The molecule has 0 aliphatic heterocycles. The third-order valence-electron chi connectivity index (χ3n) is 3.24. The van der Waals surface area contributed by atoms with Gasteiger partial charge in [-0.15, -0.1) is 0 Å². The van der Waals surface area contributed by atoms with Crippen molar-refractivity contribution in [3.63, 3.8) is 0 Å². The number of hydrogen-bond donors (Lipinski definition) is 0. The van der Waals surface area contributed by atoms with E-state index in [9.17, 15) is 4.79 Å². The molecule has 0 saturated heterocycles. The van der Waals surface area contributed by atoms with Crippen LogP contribution in [0.25, 0.3) is 10.9 Å². The van der Waals surface area contributed by atoms with Crippen LogP contribution >= 0.6 is 0 Å². The summed E-state index contributed by atoms with van der Waals surface area (Å²) in [6.07, 6.45) is 3.50. The molecule has 1 heterocycles. The molecule has 4 nitrogen and oxygen atoms in total. The maximum Gasteiger partial charge on any atom is 0.339 e. The number of hydrogen-bond acceptors (Lipinski definition) is 4. The molecule has 0 aliphatic rings. The largest absolute Gasteiger partial charge is 0.456 e. The van der Waals surface area contributed by atoms with E-state index in [4.69, 9.17) is 9.47 Å². The van der Waals surface area contributed by atoms with Crippen LogP contribution in [0.2, 0.25) is 0 Å². The average Bonchev–Trinajstić information content (AvgIpc) is 2.45. The summed E-state index contributed by atoms with van der Waals surface area (Å²) in [5.74, 6) is -0.311. The second kappa shape index (κ2) is 6.88. The Kier molecular flexibility index (Phi) is 5.14. The summed E-state index contributed by atoms with van der Waals surface area (Å²) in [6.45, 7) is 6.32. The topological polar surface area (TPSA) is 48.4 Å². The summed E-state index contributed by atoms with van der Waals surface area (Å²) in [4.78, 5) is 16.7. The fourth-order valence-corrected chi connectivity index (χ4v) is 2.28. The summed E-state index contributed by atoms with van der Waals surface area (Å²) in [5, 5.41) is 0.840. The van der Waals surface area contributed by atoms with Crippen molar-refractivity contribution in [1.29, 1.82) is 0 Å². The van der Waals surface area contributed by atoms with E-state index in [-0.39, 0.29) is 5.97 Å². The molecule has 1 aromatic carbocycles. The molecule has 4 heteroatoms. The number of aromatic nitrogens is 1. The second-order valence-electron chi connectivity index (χ2n) is 6.31. The molecule has 0 saturated carbocycles. The van der Waals surface area contributed by atoms with Crippen molar-refractivity contribution in [2.75, 3.05) is 13.7 Å². The van der Waals surface area contributed by atoms with Gasteiger partial charge in [0.25, 0.3) is 0 Å². The van der Waals surface area contributed by atoms with Crippen molar-refractivity contribution >= 4 is 16.9 Å². The molecule has 0 fully saturated rings. The minimum absolute atomic E-state index is 0.311. The van der Waals surface area contributed by atoms with E-state index in [1.54, 1.807) is 19.4 Å². The lowest BCUT2D eigenvalue weighted by atomic mass is 10.0. The number of fused-ring (bicyclic) bond motifs is 1. The maximum atomic E-state index is 12.4. The lowest BCUT2D eigenvalue weighted by Gasteiger charge is -2.20. The van der Waals surface area contributed by atoms with Crippen molar-refractivity contribution in [3.05, 3.63) is 41.6 Å². The zero-order chi connectivity index (χ0) is 16.2. The highest BCUT2D eigenvalue weighted by Gasteiger charge is 2.19. The van der Waals surface area contributed by atoms with Crippen molar-refractivity contribution < 1.29 is 14.3 Å². The predicted molar refractivity (Wildman–Crippen MR) is 87.1 cm³/mol. The Hall–Kier alpha value is -1.94. The van der Waals surface area contributed by atoms with Crippen LogP contribution in [-0.4, -0.2) is 30.3 Å². The van der Waals surface area contributed by atoms with Gasteiger partial charge in [0, 0.05) is 25.3 Å². The van der Waals surface area contributed by atoms with Crippen molar-refractivity contribution in [2.45, 2.75) is 39.2 Å². The van der Waals surface area contributed by atoms with Crippen molar-refractivity contribution in [3.8, 4) is 0 Å². The summed E-state index contributed by atoms with van der Waals surface area (Å²) in [6, 6.07) is 7.74. The Morgan fingerprint density at radius 3 is 2.68 bits per heavy atom. The highest BCUT2D eigenvalue weighted by atomic mass is 16.6. The molecule has 118 valence electrons. The molecule has 22 heavy (non-hydrogen) atoms. The van der Waals surface area contributed by atoms with Gasteiger partial charge in [0.05, 0.1) is 11.1 Å². The minimum Gasteiger partial charge on any atom is -0.456 e. The third kappa shape index (κ3) is 4.28. The molecular formula is C18H23NO3. The first-order valence-corrected chi connectivity index (χ1v) is 7.50. The average molecular weight is 301 g/mol. The van der Waals surface area contributed by atoms with Gasteiger partial charge in [-0.3, -0.25) is 4.98 Å². The number of nitrogens with zero attached hydrogens (tertiary/aromatic N) is 1. The highest BCUT2D eigenvalue weighted by Crippen LogP contribution is 2.22. The van der Waals surface area contributed by atoms with Crippen LogP contribution in [0, 0.1) is 0 Å². The lowest BCUT2D eigenvalue weighted by Crippen LogP contribution is -2.24. The zero-order valence-electron chi connectivity index (χ0n) is 13.7. The Bertz CT molecular complexity index is 659. The second-order valence-corrected chi connectivity index (χ2v) is 6.31. The number of pyridine rings is 1. The number of carbonyl (C=O) groups is 1. The summed E-state index contributed by atoms with van der Waals surface area (Å²) >= 11 is 0. The van der Waals surface area contributed by atoms with Gasteiger partial charge in [-0.25, -0.2) is 4.79 Å². The van der Waals surface area contributed by atoms with Crippen LogP contribution in [0.15, 0.2) is 30.5 Å². The maximum absolute atomic E-state index is 12.4. The summed E-state index contributed by atoms with van der Waals surface area (Å²) in [7, 11) is 1.70. The first-order chi connectivity index (χ1) is 10.4. The molecule has 0 atom stereocenters. The first-order valence-electron chi connectivity index (χ1n) is 7.50. The van der Waals surface area contributed by atoms with E-state index in [1.807, 2.05) is 39.0 Å². The van der Waals surface area contributed by atoms with E-state index in [0.717, 1.165) is 30.4 Å². The van der Waals surface area contributed by atoms with Crippen LogP contribution in [0.4, 0.5) is 0 Å². The van der Waals surface area contributed by atoms with Gasteiger partial charge in [0.15, 0.2) is 0 Å². The van der Waals surface area contributed by atoms with Crippen LogP contribution < -0.4 is 0 Å². The van der Waals surface area contributed by atoms with Crippen LogP contribution in [0.5, 0.6) is 0 Å². The van der Waals surface area contributed by atoms with Crippen LogP contribution in [-0.2, 0) is 15.9 Å². The quantitative estimate of drug-likeness (QED) is 0.623. The van der Waals surface area contributed by atoms with Gasteiger partial charge >= 0.3 is 5.97 Å². The number of benzene rings is 1. The standard InChI is InChI=1S/C18H23NO3/c1-18(2,3)22-17(20)14-9-10-19-16-8-7-13(12-15(14)16)6-5-11-21-4/h7-10,12H,5-6,11H2,1-4H3. The van der Waals surface area contributed by atoms with Gasteiger partial charge in [-0.2, -0.15) is 0 Å². The number of esters is 1. The Morgan fingerprint density at radius 1 is 1.23 bits per heavy atom. The predicted octanol–water partition coefficient (Wildman–Crippen LogP) is 3.77. The van der Waals surface area contributed by atoms with Crippen molar-refractivity contribution in [1.82, 2.24) is 4.98 Å². The zero-order valence-corrected chi connectivity index (χ0v) is 13.7. The molecule has 0 radical (unpaired) electrons. The first kappa shape index (κ1) is 16.4. The molecule has 0 aliphatic carbocycles. The monoisotopic (exact) mass is 301 g/mol. The number of aryl methyl sites for hydroxylation is 1. The fourth-order valence-electron chi connectivity index (χ4n) is 2.28. The van der Waals surface area contributed by atoms with E-state index >= 15 is 0 Å². The smallest absolute Gasteiger partial charge is 0.339 e. The number of carbonyl (C=O) groups excluding carboxylic acids is 1. The Labute approximate surface area is 131 Å².